The molecule has 2 N–H and O–H groups in total. The number of nitrogens with two attached hydrogens (primary N) is 1. The fourth-order valence-electron chi connectivity index (χ4n) is 5.60. The van der Waals surface area contributed by atoms with Crippen LogP contribution < -0.4 is 5.73 Å². The summed E-state index contributed by atoms with van der Waals surface area (Å²) in [7, 11) is 0. The lowest BCUT2D eigenvalue weighted by atomic mass is 9.49. The molecule has 110 valence electrons. The molecule has 20 heavy (non-hydrogen) atoms. The molecule has 0 aromatic carbocycles. The van der Waals surface area contributed by atoms with Gasteiger partial charge in [0, 0.05) is 6.54 Å². The zero-order valence-corrected chi connectivity index (χ0v) is 12.5. The van der Waals surface area contributed by atoms with Crippen LogP contribution in [0.25, 0.3) is 0 Å². The second-order valence-electron chi connectivity index (χ2n) is 7.77. The van der Waals surface area contributed by atoms with Gasteiger partial charge in [0.25, 0.3) is 0 Å². The zero-order chi connectivity index (χ0) is 13.7. The lowest BCUT2D eigenvalue weighted by molar-refractivity contribution is -0.0637. The van der Waals surface area contributed by atoms with Crippen molar-refractivity contribution >= 4 is 0 Å². The van der Waals surface area contributed by atoms with Crippen molar-refractivity contribution in [1.82, 2.24) is 15.0 Å². The Hall–Kier alpha value is -0.900. The van der Waals surface area contributed by atoms with Gasteiger partial charge in [0.2, 0.25) is 0 Å². The molecule has 1 atom stereocenters. The molecule has 0 amide bonds. The van der Waals surface area contributed by atoms with E-state index in [0.29, 0.717) is 5.41 Å². The van der Waals surface area contributed by atoms with Crippen molar-refractivity contribution in [1.29, 1.82) is 0 Å². The molecule has 4 aliphatic rings. The van der Waals surface area contributed by atoms with E-state index < -0.39 is 0 Å². The average Bonchev–Trinajstić information content (AvgIpc) is 2.83. The van der Waals surface area contributed by atoms with Crippen LogP contribution in [0.4, 0.5) is 0 Å². The van der Waals surface area contributed by atoms with E-state index in [0.717, 1.165) is 36.4 Å². The first-order valence-electron chi connectivity index (χ1n) is 8.31. The Balaban J connectivity index is 1.52. The summed E-state index contributed by atoms with van der Waals surface area (Å²) < 4.78 is 2.08. The van der Waals surface area contributed by atoms with Gasteiger partial charge in [0.05, 0.1) is 17.9 Å². The third-order valence-electron chi connectivity index (χ3n) is 6.04. The van der Waals surface area contributed by atoms with Gasteiger partial charge in [-0.2, -0.15) is 0 Å². The van der Waals surface area contributed by atoms with E-state index in [1.54, 1.807) is 0 Å². The monoisotopic (exact) mass is 274 g/mol. The minimum atomic E-state index is 0.0418. The number of hydrogen-bond donors (Lipinski definition) is 1. The first-order valence-corrected chi connectivity index (χ1v) is 8.31. The number of nitrogens with zero attached hydrogens (tertiary/aromatic N) is 3. The molecule has 0 spiro atoms. The first kappa shape index (κ1) is 12.8. The molecule has 0 aliphatic heterocycles. The van der Waals surface area contributed by atoms with Gasteiger partial charge >= 0.3 is 0 Å². The van der Waals surface area contributed by atoms with Gasteiger partial charge in [-0.1, -0.05) is 12.1 Å². The predicted octanol–water partition coefficient (Wildman–Crippen LogP) is 2.90. The van der Waals surface area contributed by atoms with Crippen LogP contribution in [0.3, 0.4) is 0 Å². The molecule has 4 saturated carbocycles. The van der Waals surface area contributed by atoms with E-state index in [1.165, 1.54) is 38.5 Å². The second kappa shape index (κ2) is 4.55. The van der Waals surface area contributed by atoms with Crippen LogP contribution in [-0.2, 0) is 6.54 Å². The molecule has 4 aliphatic carbocycles. The summed E-state index contributed by atoms with van der Waals surface area (Å²) in [5.41, 5.74) is 7.53. The van der Waals surface area contributed by atoms with E-state index in [9.17, 15) is 0 Å². The summed E-state index contributed by atoms with van der Waals surface area (Å²) in [6.45, 7) is 3.17. The van der Waals surface area contributed by atoms with Gasteiger partial charge in [-0.05, 0) is 68.1 Å². The highest BCUT2D eigenvalue weighted by atomic mass is 15.4. The van der Waals surface area contributed by atoms with Gasteiger partial charge in [-0.15, -0.1) is 5.10 Å². The van der Waals surface area contributed by atoms with E-state index in [-0.39, 0.29) is 6.04 Å². The fourth-order valence-corrected chi connectivity index (χ4v) is 5.60. The van der Waals surface area contributed by atoms with Crippen molar-refractivity contribution in [3.05, 3.63) is 11.9 Å². The molecule has 1 heterocycles. The molecule has 4 fully saturated rings. The molecule has 4 heteroatoms. The first-order chi connectivity index (χ1) is 9.66. The average molecular weight is 274 g/mol. The Bertz CT molecular complexity index is 457. The Morgan fingerprint density at radius 3 is 2.40 bits per heavy atom. The lowest BCUT2D eigenvalue weighted by Crippen LogP contribution is -2.48. The highest BCUT2D eigenvalue weighted by Gasteiger charge is 2.51. The molecule has 1 aromatic heterocycles. The smallest absolute Gasteiger partial charge is 0.0993 e. The van der Waals surface area contributed by atoms with Crippen molar-refractivity contribution in [2.45, 2.75) is 64.5 Å². The molecular weight excluding hydrogens is 248 g/mol. The van der Waals surface area contributed by atoms with Crippen LogP contribution in [0.15, 0.2) is 6.20 Å². The highest BCUT2D eigenvalue weighted by molar-refractivity contribution is 5.03. The number of rotatable bonds is 4. The molecule has 1 unspecified atom stereocenters. The second-order valence-corrected chi connectivity index (χ2v) is 7.77. The summed E-state index contributed by atoms with van der Waals surface area (Å²) in [5, 5.41) is 8.62. The van der Waals surface area contributed by atoms with Crippen LogP contribution >= 0.6 is 0 Å². The van der Waals surface area contributed by atoms with E-state index in [2.05, 4.69) is 28.1 Å². The molecular formula is C16H26N4. The van der Waals surface area contributed by atoms with Crippen LogP contribution in [-0.4, -0.2) is 15.0 Å². The van der Waals surface area contributed by atoms with Gasteiger partial charge in [0.15, 0.2) is 0 Å². The van der Waals surface area contributed by atoms with Crippen LogP contribution in [0.2, 0.25) is 0 Å². The minimum Gasteiger partial charge on any atom is -0.323 e. The summed E-state index contributed by atoms with van der Waals surface area (Å²) in [5.74, 6) is 3.01. The maximum absolute atomic E-state index is 6.05. The maximum Gasteiger partial charge on any atom is 0.0993 e. The van der Waals surface area contributed by atoms with Gasteiger partial charge in [-0.3, -0.25) is 4.68 Å². The Kier molecular flexibility index (Phi) is 2.92. The SMILES string of the molecule is CCC(N)c1cn(CC23CC4CC(CC(C4)C2)C3)nn1. The third kappa shape index (κ3) is 2.09. The van der Waals surface area contributed by atoms with Crippen molar-refractivity contribution in [2.24, 2.45) is 28.9 Å². The standard InChI is InChI=1S/C16H26N4/c1-2-14(17)15-9-20(19-18-15)10-16-6-11-3-12(7-16)5-13(4-11)8-16/h9,11-14H,2-8,10,17H2,1H3. The van der Waals surface area contributed by atoms with Gasteiger partial charge in [0.1, 0.15) is 0 Å². The minimum absolute atomic E-state index is 0.0418. The van der Waals surface area contributed by atoms with E-state index >= 15 is 0 Å². The van der Waals surface area contributed by atoms with E-state index in [1.807, 2.05) is 0 Å². The van der Waals surface area contributed by atoms with Gasteiger partial charge in [-0.25, -0.2) is 0 Å². The predicted molar refractivity (Wildman–Crippen MR) is 77.8 cm³/mol. The Morgan fingerprint density at radius 1 is 1.25 bits per heavy atom. The van der Waals surface area contributed by atoms with Crippen LogP contribution in [0.1, 0.15) is 63.6 Å². The highest BCUT2D eigenvalue weighted by Crippen LogP contribution is 2.60. The zero-order valence-electron chi connectivity index (χ0n) is 12.5. The fraction of sp³-hybridized carbons (Fsp3) is 0.875. The lowest BCUT2D eigenvalue weighted by Gasteiger charge is -2.56. The third-order valence-corrected chi connectivity index (χ3v) is 6.04. The van der Waals surface area contributed by atoms with Crippen molar-refractivity contribution < 1.29 is 0 Å². The molecule has 1 aromatic rings. The largest absolute Gasteiger partial charge is 0.323 e. The summed E-state index contributed by atoms with van der Waals surface area (Å²) in [6, 6.07) is 0.0418. The van der Waals surface area contributed by atoms with Crippen LogP contribution in [0.5, 0.6) is 0 Å². The van der Waals surface area contributed by atoms with Crippen molar-refractivity contribution in [3.63, 3.8) is 0 Å². The molecule has 0 saturated heterocycles. The quantitative estimate of drug-likeness (QED) is 0.918. The molecule has 5 rings (SSSR count). The number of aromatic nitrogens is 3. The Morgan fingerprint density at radius 2 is 1.85 bits per heavy atom. The maximum atomic E-state index is 6.05. The summed E-state index contributed by atoms with van der Waals surface area (Å²) >= 11 is 0. The van der Waals surface area contributed by atoms with Crippen molar-refractivity contribution in [3.8, 4) is 0 Å². The van der Waals surface area contributed by atoms with Gasteiger partial charge < -0.3 is 5.73 Å². The molecule has 4 bridgehead atoms. The van der Waals surface area contributed by atoms with E-state index in [4.69, 9.17) is 5.73 Å². The molecule has 0 radical (unpaired) electrons. The number of hydrogen-bond acceptors (Lipinski definition) is 3. The summed E-state index contributed by atoms with van der Waals surface area (Å²) in [4.78, 5) is 0. The normalized spacial score (nSPS) is 40.2. The van der Waals surface area contributed by atoms with Crippen molar-refractivity contribution in [2.75, 3.05) is 0 Å². The topological polar surface area (TPSA) is 56.7 Å². The Labute approximate surface area is 121 Å². The summed E-state index contributed by atoms with van der Waals surface area (Å²) in [6.07, 6.45) is 11.8. The molecule has 4 nitrogen and oxygen atoms in total. The van der Waals surface area contributed by atoms with Crippen LogP contribution in [0, 0.1) is 23.2 Å².